The summed E-state index contributed by atoms with van der Waals surface area (Å²) >= 11 is 1.92. The molecule has 200 valence electrons. The Morgan fingerprint density at radius 1 is 1.09 bits per heavy atom. The Balaban J connectivity index is 1.64. The number of unbranched alkanes of at least 4 members (excludes halogenated alkanes) is 12. The number of ether oxygens (including phenoxy) is 2. The molecule has 10 heteroatoms. The first-order chi connectivity index (χ1) is 16.9. The second kappa shape index (κ2) is 16.5. The minimum absolute atomic E-state index is 0.0822. The fourth-order valence-corrected chi connectivity index (χ4v) is 4.80. The van der Waals surface area contributed by atoms with Gasteiger partial charge in [-0.2, -0.15) is 4.98 Å². The molecule has 0 aromatic carbocycles. The molecular weight excluding hydrogens is 565 g/mol. The molecule has 1 aliphatic heterocycles. The number of aliphatic hydroxyl groups is 2. The first-order valence-electron chi connectivity index (χ1n) is 13.1. The Labute approximate surface area is 221 Å². The molecule has 1 aliphatic rings. The Bertz CT molecular complexity index is 821. The number of nitrogens with zero attached hydrogens (tertiary/aromatic N) is 2. The van der Waals surface area contributed by atoms with E-state index in [0.29, 0.717) is 9.99 Å². The number of carbonyl (C=O) groups excluding carboxylic acids is 1. The van der Waals surface area contributed by atoms with Crippen LogP contribution in [0.25, 0.3) is 0 Å². The first-order valence-corrected chi connectivity index (χ1v) is 14.1. The Morgan fingerprint density at radius 3 is 2.17 bits per heavy atom. The van der Waals surface area contributed by atoms with E-state index in [9.17, 15) is 19.8 Å². The smallest absolute Gasteiger partial charge is 0.351 e. The molecule has 4 atom stereocenters. The van der Waals surface area contributed by atoms with Crippen molar-refractivity contribution in [2.24, 2.45) is 0 Å². The molecule has 1 aromatic rings. The van der Waals surface area contributed by atoms with Gasteiger partial charge in [-0.15, -0.1) is 0 Å². The van der Waals surface area contributed by atoms with Gasteiger partial charge in [0.05, 0.1) is 10.2 Å². The molecular formula is C25H42IN3O6. The number of rotatable bonds is 17. The summed E-state index contributed by atoms with van der Waals surface area (Å²) in [5.41, 5.74) is 4.96. The number of aliphatic hydroxyl groups excluding tert-OH is 2. The third-order valence-corrected chi connectivity index (χ3v) is 7.28. The number of nitrogens with two attached hydrogens (primary N) is 1. The minimum atomic E-state index is -1.32. The van der Waals surface area contributed by atoms with Gasteiger partial charge in [-0.25, -0.2) is 4.79 Å². The summed E-state index contributed by atoms with van der Waals surface area (Å²) < 4.78 is 12.7. The van der Waals surface area contributed by atoms with Crippen molar-refractivity contribution in [1.29, 1.82) is 0 Å². The fraction of sp³-hybridized carbons (Fsp3) is 0.800. The van der Waals surface area contributed by atoms with Crippen LogP contribution in [0.15, 0.2) is 11.0 Å². The molecule has 0 saturated carbocycles. The zero-order valence-electron chi connectivity index (χ0n) is 20.9. The number of halogens is 1. The van der Waals surface area contributed by atoms with Crippen molar-refractivity contribution in [3.63, 3.8) is 0 Å². The van der Waals surface area contributed by atoms with Gasteiger partial charge < -0.3 is 25.4 Å². The van der Waals surface area contributed by atoms with Crippen molar-refractivity contribution in [2.75, 3.05) is 12.3 Å². The van der Waals surface area contributed by atoms with Crippen LogP contribution in [-0.4, -0.2) is 50.7 Å². The highest BCUT2D eigenvalue weighted by atomic mass is 127. The van der Waals surface area contributed by atoms with E-state index < -0.39 is 42.8 Å². The van der Waals surface area contributed by atoms with E-state index in [1.54, 1.807) is 0 Å². The third kappa shape index (κ3) is 9.97. The van der Waals surface area contributed by atoms with Crippen LogP contribution in [0, 0.1) is 3.57 Å². The highest BCUT2D eigenvalue weighted by Gasteiger charge is 2.47. The standard InChI is InChI=1S/C25H42IN3O6/c1-2-3-4-5-6-7-8-9-10-11-12-13-14-15-20(31)35-22-19(17-30)34-24(21(22)32)29-16-18(26)23(27)28-25(29)33/h16,19,21-22,24,30,32H,2-15,17H2,1H3,(H2,27,28,33)/t19-,21+,22-,24-/m1/s1. The molecule has 2 rings (SSSR count). The van der Waals surface area contributed by atoms with E-state index in [1.165, 1.54) is 70.4 Å². The Morgan fingerprint density at radius 2 is 1.63 bits per heavy atom. The molecule has 35 heavy (non-hydrogen) atoms. The van der Waals surface area contributed by atoms with Crippen LogP contribution >= 0.6 is 22.6 Å². The van der Waals surface area contributed by atoms with Gasteiger partial charge in [0.15, 0.2) is 12.3 Å². The summed E-state index contributed by atoms with van der Waals surface area (Å²) in [6.45, 7) is 1.78. The Kier molecular flexibility index (Phi) is 14.1. The van der Waals surface area contributed by atoms with Crippen LogP contribution in [-0.2, 0) is 14.3 Å². The molecule has 1 fully saturated rings. The van der Waals surface area contributed by atoms with Crippen molar-refractivity contribution in [1.82, 2.24) is 9.55 Å². The average molecular weight is 608 g/mol. The van der Waals surface area contributed by atoms with Gasteiger partial charge in [-0.1, -0.05) is 84.0 Å². The minimum Gasteiger partial charge on any atom is -0.457 e. The van der Waals surface area contributed by atoms with Crippen molar-refractivity contribution >= 4 is 34.4 Å². The van der Waals surface area contributed by atoms with Crippen molar-refractivity contribution in [3.05, 3.63) is 20.3 Å². The summed E-state index contributed by atoms with van der Waals surface area (Å²) in [4.78, 5) is 28.3. The maximum atomic E-state index is 12.3. The molecule has 1 aromatic heterocycles. The number of carbonyl (C=O) groups is 1. The van der Waals surface area contributed by atoms with Crippen LogP contribution < -0.4 is 11.4 Å². The topological polar surface area (TPSA) is 137 Å². The quantitative estimate of drug-likeness (QED) is 0.137. The number of esters is 1. The van der Waals surface area contributed by atoms with E-state index in [2.05, 4.69) is 11.9 Å². The second-order valence-corrected chi connectivity index (χ2v) is 10.5. The van der Waals surface area contributed by atoms with Gasteiger partial charge in [-0.05, 0) is 29.0 Å². The molecule has 0 amide bonds. The molecule has 1 saturated heterocycles. The lowest BCUT2D eigenvalue weighted by atomic mass is 10.0. The maximum Gasteiger partial charge on any atom is 0.351 e. The summed E-state index contributed by atoms with van der Waals surface area (Å²) in [5.74, 6) is -0.365. The van der Waals surface area contributed by atoms with Crippen LogP contribution in [0.1, 0.15) is 103 Å². The normalized spacial score (nSPS) is 21.9. The average Bonchev–Trinajstić information content (AvgIpc) is 3.14. The zero-order valence-corrected chi connectivity index (χ0v) is 23.0. The van der Waals surface area contributed by atoms with Crippen molar-refractivity contribution in [3.8, 4) is 0 Å². The lowest BCUT2D eigenvalue weighted by molar-refractivity contribution is -0.156. The maximum absolute atomic E-state index is 12.3. The molecule has 0 spiro atoms. The van der Waals surface area contributed by atoms with Gasteiger partial charge in [0.25, 0.3) is 0 Å². The van der Waals surface area contributed by atoms with Crippen LogP contribution in [0.4, 0.5) is 5.82 Å². The molecule has 2 heterocycles. The van der Waals surface area contributed by atoms with E-state index in [4.69, 9.17) is 15.2 Å². The zero-order chi connectivity index (χ0) is 25.6. The lowest BCUT2D eigenvalue weighted by Gasteiger charge is -2.20. The van der Waals surface area contributed by atoms with Gasteiger partial charge >= 0.3 is 11.7 Å². The summed E-state index contributed by atoms with van der Waals surface area (Å²) in [5, 5.41) is 20.3. The number of aromatic nitrogens is 2. The molecule has 4 N–H and O–H groups in total. The number of hydrogen-bond donors (Lipinski definition) is 3. The number of hydrogen-bond acceptors (Lipinski definition) is 8. The molecule has 9 nitrogen and oxygen atoms in total. The number of nitrogen functional groups attached to an aromatic ring is 1. The monoisotopic (exact) mass is 607 g/mol. The van der Waals surface area contributed by atoms with Gasteiger partial charge in [-0.3, -0.25) is 9.36 Å². The first kappa shape index (κ1) is 30.0. The highest BCUT2D eigenvalue weighted by Crippen LogP contribution is 2.31. The number of anilines is 1. The van der Waals surface area contributed by atoms with E-state index in [1.807, 2.05) is 22.6 Å². The van der Waals surface area contributed by atoms with Gasteiger partial charge in [0, 0.05) is 12.6 Å². The SMILES string of the molecule is CCCCCCCCCCCCCCCC(=O)O[C@H]1[C@H](O)[C@H](n2cc(I)c(N)nc2=O)O[C@@H]1CO. The van der Waals surface area contributed by atoms with E-state index in [0.717, 1.165) is 17.4 Å². The fourth-order valence-electron chi connectivity index (χ4n) is 4.38. The van der Waals surface area contributed by atoms with Crippen LogP contribution in [0.3, 0.4) is 0 Å². The van der Waals surface area contributed by atoms with Gasteiger partial charge in [0.1, 0.15) is 18.0 Å². The predicted octanol–water partition coefficient (Wildman–Crippen LogP) is 4.07. The van der Waals surface area contributed by atoms with E-state index >= 15 is 0 Å². The van der Waals surface area contributed by atoms with Crippen molar-refractivity contribution < 1.29 is 24.5 Å². The molecule has 0 bridgehead atoms. The van der Waals surface area contributed by atoms with E-state index in [-0.39, 0.29) is 12.2 Å². The van der Waals surface area contributed by atoms with Gasteiger partial charge in [0.2, 0.25) is 0 Å². The summed E-state index contributed by atoms with van der Waals surface area (Å²) in [6, 6.07) is 0. The Hall–Kier alpha value is -1.24. The molecule has 0 radical (unpaired) electrons. The lowest BCUT2D eigenvalue weighted by Crippen LogP contribution is -2.39. The summed E-state index contributed by atoms with van der Waals surface area (Å²) in [6.07, 6.45) is 13.1. The summed E-state index contributed by atoms with van der Waals surface area (Å²) in [7, 11) is 0. The van der Waals surface area contributed by atoms with Crippen molar-refractivity contribution in [2.45, 2.75) is 121 Å². The molecule has 0 aliphatic carbocycles. The second-order valence-electron chi connectivity index (χ2n) is 9.35. The highest BCUT2D eigenvalue weighted by molar-refractivity contribution is 14.1. The van der Waals surface area contributed by atoms with Crippen LogP contribution in [0.5, 0.6) is 0 Å². The largest absolute Gasteiger partial charge is 0.457 e. The van der Waals surface area contributed by atoms with Crippen LogP contribution in [0.2, 0.25) is 0 Å². The third-order valence-electron chi connectivity index (χ3n) is 6.45. The predicted molar refractivity (Wildman–Crippen MR) is 143 cm³/mol. The molecule has 0 unspecified atom stereocenters.